The molecule has 0 rings (SSSR count). The molecule has 0 aliphatic carbocycles. The molecule has 0 saturated carbocycles. The molecule has 0 amide bonds. The fourth-order valence-electron chi connectivity index (χ4n) is 3.00. The summed E-state index contributed by atoms with van der Waals surface area (Å²) in [7, 11) is 0. The Labute approximate surface area is 235 Å². The summed E-state index contributed by atoms with van der Waals surface area (Å²) in [4.78, 5) is 0. The van der Waals surface area contributed by atoms with Crippen molar-refractivity contribution in [1.82, 2.24) is 0 Å². The van der Waals surface area contributed by atoms with Crippen molar-refractivity contribution in [2.75, 3.05) is 19.9 Å². The van der Waals surface area contributed by atoms with Gasteiger partial charge in [0.1, 0.15) is 0 Å². The van der Waals surface area contributed by atoms with Crippen LogP contribution in [0.25, 0.3) is 0 Å². The van der Waals surface area contributed by atoms with E-state index in [1.807, 2.05) is 0 Å². The van der Waals surface area contributed by atoms with Crippen molar-refractivity contribution in [2.45, 2.75) is 98.5 Å². The summed E-state index contributed by atoms with van der Waals surface area (Å²) >= 11 is -2.86. The minimum absolute atomic E-state index is 0.00513. The molecule has 0 bridgehead atoms. The van der Waals surface area contributed by atoms with Crippen molar-refractivity contribution < 1.29 is 97.3 Å². The Morgan fingerprint density at radius 1 is 0.419 bits per heavy atom. The van der Waals surface area contributed by atoms with Crippen LogP contribution >= 0.6 is 19.8 Å². The van der Waals surface area contributed by atoms with Crippen LogP contribution in [0.1, 0.15) is 39.0 Å². The van der Waals surface area contributed by atoms with Gasteiger partial charge in [0, 0.05) is 0 Å². The average molecular weight is 804 g/mol. The number of hydrogen-bond donors (Lipinski definition) is 1. The summed E-state index contributed by atoms with van der Waals surface area (Å²) in [6.45, 7) is 1.14. The molecule has 23 heteroatoms. The Hall–Kier alpha value is -0.780. The van der Waals surface area contributed by atoms with Crippen LogP contribution in [0.3, 0.4) is 0 Å². The summed E-state index contributed by atoms with van der Waals surface area (Å²) in [6, 6.07) is 0. The van der Waals surface area contributed by atoms with Crippen LogP contribution in [0, 0.1) is 0 Å². The van der Waals surface area contributed by atoms with Gasteiger partial charge in [-0.1, -0.05) is 0 Å². The Morgan fingerprint density at radius 3 is 1.07 bits per heavy atom. The van der Waals surface area contributed by atoms with E-state index in [4.69, 9.17) is 5.11 Å². The predicted molar refractivity (Wildman–Crippen MR) is 115 cm³/mol. The monoisotopic (exact) mass is 804 g/mol. The smallest absolute Gasteiger partial charge is 0.165 e. The van der Waals surface area contributed by atoms with Crippen molar-refractivity contribution in [3.8, 4) is 0 Å². The molecule has 43 heavy (non-hydrogen) atoms. The molecule has 0 saturated heterocycles. The molecule has 1 N–H and O–H groups in total. The van der Waals surface area contributed by atoms with E-state index in [0.717, 1.165) is 0 Å². The molecule has 0 aromatic carbocycles. The van der Waals surface area contributed by atoms with Crippen LogP contribution in [0.4, 0.5) is 92.2 Å². The molecule has 0 aliphatic heterocycles. The molecule has 0 spiro atoms. The first-order chi connectivity index (χ1) is 18.7. The average Bonchev–Trinajstić information content (AvgIpc) is 2.83. The number of alkyl halides is 24. The van der Waals surface area contributed by atoms with E-state index in [2.05, 4.69) is 0 Å². The maximum absolute atomic E-state index is 14.2. The molecule has 0 atom stereocenters. The summed E-state index contributed by atoms with van der Waals surface area (Å²) in [6.07, 6.45) is -9.70. The number of hydrogen-bond acceptors (Lipinski definition) is 1. The first-order valence-electron chi connectivity index (χ1n) is 11.4. The summed E-state index contributed by atoms with van der Waals surface area (Å²) in [5, 5.41) is 8.73. The molecule has 0 unspecified atom stereocenters. The zero-order chi connectivity index (χ0) is 34.9. The quantitative estimate of drug-likeness (QED) is 0.0634. The van der Waals surface area contributed by atoms with Gasteiger partial charge in [0.25, 0.3) is 0 Å². The molecule has 0 aliphatic rings. The van der Waals surface area contributed by atoms with E-state index in [-0.39, 0.29) is 28.1 Å². The van der Waals surface area contributed by atoms with Crippen LogP contribution in [0.2, 0.25) is 0 Å². The van der Waals surface area contributed by atoms with Crippen molar-refractivity contribution in [1.29, 1.82) is 0 Å². The Bertz CT molecular complexity index is 898. The second-order valence-electron chi connectivity index (χ2n) is 8.97. The van der Waals surface area contributed by atoms with Gasteiger partial charge in [0.05, 0.1) is 0 Å². The second kappa shape index (κ2) is 13.1. The fourth-order valence-corrected chi connectivity index (χ4v) is 9.52. The van der Waals surface area contributed by atoms with Crippen LogP contribution in [-0.2, 0) is 0 Å². The van der Waals surface area contributed by atoms with Gasteiger partial charge in [-0.05, 0) is 0 Å². The van der Waals surface area contributed by atoms with E-state index < -0.39 is 96.8 Å². The number of aliphatic hydroxyl groups excluding tert-OH is 1. The van der Waals surface area contributed by atoms with E-state index in [9.17, 15) is 92.2 Å². The van der Waals surface area contributed by atoms with Gasteiger partial charge in [-0.3, -0.25) is 0 Å². The van der Waals surface area contributed by atoms with Gasteiger partial charge >= 0.3 is 222 Å². The summed E-state index contributed by atoms with van der Waals surface area (Å²) in [5.41, 5.74) is 0. The number of unbranched alkanes of at least 4 members (excludes halogenated alkanes) is 2. The number of aliphatic hydroxyl groups is 1. The SMILES string of the molecule is CCCCI(CCCCO)CCC(F)(F)C(F)(F)C(F)(F)C(F)(F)C(F)(F)C(F)(F)C(F)(F)C(F)(F)C(F)(F)C(F)(F)F. The predicted octanol–water partition coefficient (Wildman–Crippen LogP) is 9.74. The summed E-state index contributed by atoms with van der Waals surface area (Å²) < 4.78 is 282. The van der Waals surface area contributed by atoms with Crippen LogP contribution < -0.4 is 0 Å². The zero-order valence-electron chi connectivity index (χ0n) is 21.1. The van der Waals surface area contributed by atoms with Crippen molar-refractivity contribution >= 4 is 19.8 Å². The number of rotatable bonds is 18. The van der Waals surface area contributed by atoms with Gasteiger partial charge < -0.3 is 0 Å². The molecule has 0 aromatic rings. The zero-order valence-corrected chi connectivity index (χ0v) is 23.3. The van der Waals surface area contributed by atoms with E-state index in [0.29, 0.717) is 6.42 Å². The third-order valence-corrected chi connectivity index (χ3v) is 12.5. The van der Waals surface area contributed by atoms with Gasteiger partial charge in [-0.25, -0.2) is 0 Å². The number of halogens is 22. The summed E-state index contributed by atoms with van der Waals surface area (Å²) in [5.74, 6) is -76.4. The van der Waals surface area contributed by atoms with Crippen molar-refractivity contribution in [3.05, 3.63) is 0 Å². The van der Waals surface area contributed by atoms with E-state index in [1.165, 1.54) is 0 Å². The minimum Gasteiger partial charge on any atom is -0.165 e. The molecule has 0 fully saturated rings. The molecular formula is C20H22F21IO. The van der Waals surface area contributed by atoms with Gasteiger partial charge in [0.2, 0.25) is 0 Å². The molecule has 0 radical (unpaired) electrons. The Morgan fingerprint density at radius 2 is 0.744 bits per heavy atom. The van der Waals surface area contributed by atoms with Crippen LogP contribution in [0.5, 0.6) is 0 Å². The Balaban J connectivity index is 6.67. The third-order valence-electron chi connectivity index (χ3n) is 5.81. The van der Waals surface area contributed by atoms with Crippen LogP contribution in [0.15, 0.2) is 0 Å². The van der Waals surface area contributed by atoms with Gasteiger partial charge in [0.15, 0.2) is 0 Å². The molecule has 262 valence electrons. The normalized spacial score (nSPS) is 16.1. The first-order valence-corrected chi connectivity index (χ1v) is 16.0. The third kappa shape index (κ3) is 6.99. The standard InChI is InChI=1S/C20H22F21IO/c1-2-3-7-42(8-4-5-10-43)9-6-11(21,22)12(23,24)13(25,26)14(27,28)15(29,30)16(31,32)17(33,34)18(35,36)19(37,38)20(39,40)41/h43H,2-10H2,1H3. The molecule has 0 heterocycles. The van der Waals surface area contributed by atoms with Crippen LogP contribution in [-0.4, -0.2) is 84.5 Å². The topological polar surface area (TPSA) is 20.2 Å². The Kier molecular flexibility index (Phi) is 12.9. The molecule has 0 aromatic heterocycles. The van der Waals surface area contributed by atoms with E-state index in [1.54, 1.807) is 6.92 Å². The maximum atomic E-state index is 14.2. The van der Waals surface area contributed by atoms with Gasteiger partial charge in [-0.15, -0.1) is 0 Å². The van der Waals surface area contributed by atoms with Crippen molar-refractivity contribution in [2.24, 2.45) is 0 Å². The first kappa shape index (κ1) is 42.2. The fraction of sp³-hybridized carbons (Fsp3) is 1.00. The van der Waals surface area contributed by atoms with Gasteiger partial charge in [-0.2, -0.15) is 13.2 Å². The second-order valence-corrected chi connectivity index (χ2v) is 15.4. The van der Waals surface area contributed by atoms with E-state index >= 15 is 0 Å². The molecule has 1 nitrogen and oxygen atoms in total. The van der Waals surface area contributed by atoms with Crippen molar-refractivity contribution in [3.63, 3.8) is 0 Å². The minimum atomic E-state index is -9.15. The molecular weight excluding hydrogens is 782 g/mol.